The Morgan fingerprint density at radius 3 is 2.10 bits per heavy atom. The lowest BCUT2D eigenvalue weighted by Crippen LogP contribution is -1.99. The molecular formula is C45H37N3. The number of hydrogen-bond donors (Lipinski definition) is 0. The standard InChI is InChI=1S/C45H37N3/c1-4-12-38(35-13-6-5-7-14-35)27-33(2)44(46-3)30-45(42-18-10-17-40(29-42)43-19-11-26-47-32-43)48-31-34-20-22-37(23-21-34)41-25-24-36-15-8-9-16-39(36)28-41/h4-32H,2H2,1,3H3/b12-4-,38-27+,45-30-,46-44+,48-31+. The Balaban J connectivity index is 1.35. The van der Waals surface area contributed by atoms with Gasteiger partial charge < -0.3 is 0 Å². The van der Waals surface area contributed by atoms with E-state index in [0.717, 1.165) is 55.9 Å². The number of rotatable bonds is 10. The third kappa shape index (κ3) is 7.78. The van der Waals surface area contributed by atoms with Crippen molar-refractivity contribution in [3.63, 3.8) is 0 Å². The second kappa shape index (κ2) is 15.4. The average molecular weight is 620 g/mol. The van der Waals surface area contributed by atoms with Gasteiger partial charge in [-0.05, 0) is 87.0 Å². The molecule has 3 heteroatoms. The molecule has 0 atom stereocenters. The third-order valence-corrected chi connectivity index (χ3v) is 8.13. The van der Waals surface area contributed by atoms with Crippen molar-refractivity contribution in [3.8, 4) is 22.3 Å². The lowest BCUT2D eigenvalue weighted by atomic mass is 9.99. The van der Waals surface area contributed by atoms with Gasteiger partial charge in [-0.3, -0.25) is 15.0 Å². The van der Waals surface area contributed by atoms with Gasteiger partial charge in [0.05, 0.1) is 11.4 Å². The molecule has 0 saturated carbocycles. The first-order valence-corrected chi connectivity index (χ1v) is 16.0. The smallest absolute Gasteiger partial charge is 0.0723 e. The second-order valence-electron chi connectivity index (χ2n) is 11.4. The van der Waals surface area contributed by atoms with Crippen LogP contribution < -0.4 is 0 Å². The van der Waals surface area contributed by atoms with E-state index in [4.69, 9.17) is 4.99 Å². The summed E-state index contributed by atoms with van der Waals surface area (Å²) in [6.45, 7) is 6.43. The fraction of sp³-hybridized carbons (Fsp3) is 0.0444. The number of pyridine rings is 1. The van der Waals surface area contributed by atoms with Crippen molar-refractivity contribution in [2.24, 2.45) is 9.98 Å². The van der Waals surface area contributed by atoms with Gasteiger partial charge in [0, 0.05) is 36.8 Å². The van der Waals surface area contributed by atoms with Crippen LogP contribution in [0.1, 0.15) is 23.6 Å². The lowest BCUT2D eigenvalue weighted by molar-refractivity contribution is 1.33. The van der Waals surface area contributed by atoms with Crippen molar-refractivity contribution in [3.05, 3.63) is 199 Å². The Labute approximate surface area is 283 Å². The summed E-state index contributed by atoms with van der Waals surface area (Å²) in [5, 5.41) is 2.47. The molecule has 232 valence electrons. The quantitative estimate of drug-likeness (QED) is 0.111. The van der Waals surface area contributed by atoms with Crippen LogP contribution in [-0.4, -0.2) is 24.0 Å². The van der Waals surface area contributed by atoms with Crippen molar-refractivity contribution in [1.82, 2.24) is 4.98 Å². The minimum atomic E-state index is 0.749. The van der Waals surface area contributed by atoms with Crippen LogP contribution in [0.25, 0.3) is 44.3 Å². The lowest BCUT2D eigenvalue weighted by Gasteiger charge is -2.10. The van der Waals surface area contributed by atoms with Crippen LogP contribution in [0.2, 0.25) is 0 Å². The second-order valence-corrected chi connectivity index (χ2v) is 11.4. The third-order valence-electron chi connectivity index (χ3n) is 8.13. The molecule has 0 aliphatic carbocycles. The summed E-state index contributed by atoms with van der Waals surface area (Å²) in [6, 6.07) is 46.2. The van der Waals surface area contributed by atoms with Gasteiger partial charge in [-0.2, -0.15) is 0 Å². The number of aliphatic imine (C=N–C) groups is 2. The minimum absolute atomic E-state index is 0.749. The van der Waals surface area contributed by atoms with Crippen LogP contribution >= 0.6 is 0 Å². The Morgan fingerprint density at radius 1 is 0.646 bits per heavy atom. The fourth-order valence-electron chi connectivity index (χ4n) is 5.59. The summed E-state index contributed by atoms with van der Waals surface area (Å²) in [4.78, 5) is 14.0. The first kappa shape index (κ1) is 31.8. The van der Waals surface area contributed by atoms with Crippen LogP contribution in [0.5, 0.6) is 0 Å². The fourth-order valence-corrected chi connectivity index (χ4v) is 5.59. The molecule has 6 rings (SSSR count). The molecule has 6 aromatic rings. The summed E-state index contributed by atoms with van der Waals surface area (Å²) in [7, 11) is 1.79. The summed E-state index contributed by atoms with van der Waals surface area (Å²) >= 11 is 0. The number of benzene rings is 5. The highest BCUT2D eigenvalue weighted by Crippen LogP contribution is 2.27. The Morgan fingerprint density at radius 2 is 1.35 bits per heavy atom. The molecule has 0 spiro atoms. The van der Waals surface area contributed by atoms with Gasteiger partial charge in [-0.1, -0.05) is 134 Å². The van der Waals surface area contributed by atoms with E-state index in [2.05, 4.69) is 138 Å². The molecular weight excluding hydrogens is 583 g/mol. The number of nitrogens with zero attached hydrogens (tertiary/aromatic N) is 3. The SMILES string of the molecule is C=C(/C=C(\C=C/C)c1ccccc1)C(/C=C(\N=C\c1ccc(-c2ccc3ccccc3c2)cc1)c1cccc(-c2cccnc2)c1)=N/C. The van der Waals surface area contributed by atoms with Crippen molar-refractivity contribution >= 4 is 34.0 Å². The number of allylic oxidation sites excluding steroid dienone is 6. The van der Waals surface area contributed by atoms with E-state index in [0.29, 0.717) is 0 Å². The Kier molecular flexibility index (Phi) is 10.2. The van der Waals surface area contributed by atoms with Crippen molar-refractivity contribution in [2.75, 3.05) is 7.05 Å². The van der Waals surface area contributed by atoms with Crippen molar-refractivity contribution in [2.45, 2.75) is 6.92 Å². The molecule has 0 saturated heterocycles. The highest BCUT2D eigenvalue weighted by Gasteiger charge is 2.09. The summed E-state index contributed by atoms with van der Waals surface area (Å²) in [5.74, 6) is 0. The van der Waals surface area contributed by atoms with E-state index in [-0.39, 0.29) is 0 Å². The molecule has 48 heavy (non-hydrogen) atoms. The molecule has 0 aliphatic heterocycles. The molecule has 5 aromatic carbocycles. The van der Waals surface area contributed by atoms with Gasteiger partial charge in [0.25, 0.3) is 0 Å². The molecule has 0 unspecified atom stereocenters. The molecule has 0 amide bonds. The van der Waals surface area contributed by atoms with Gasteiger partial charge in [0.1, 0.15) is 0 Å². The van der Waals surface area contributed by atoms with E-state index in [1.807, 2.05) is 55.8 Å². The maximum absolute atomic E-state index is 5.05. The zero-order chi connectivity index (χ0) is 33.1. The molecule has 1 aromatic heterocycles. The molecule has 0 N–H and O–H groups in total. The van der Waals surface area contributed by atoms with Crippen molar-refractivity contribution in [1.29, 1.82) is 0 Å². The maximum atomic E-state index is 5.05. The predicted molar refractivity (Wildman–Crippen MR) is 206 cm³/mol. The molecule has 0 radical (unpaired) electrons. The van der Waals surface area contributed by atoms with E-state index < -0.39 is 0 Å². The zero-order valence-corrected chi connectivity index (χ0v) is 27.3. The van der Waals surface area contributed by atoms with Crippen LogP contribution in [-0.2, 0) is 0 Å². The topological polar surface area (TPSA) is 37.6 Å². The van der Waals surface area contributed by atoms with E-state index in [9.17, 15) is 0 Å². The van der Waals surface area contributed by atoms with Gasteiger partial charge in [-0.25, -0.2) is 0 Å². The highest BCUT2D eigenvalue weighted by molar-refractivity contribution is 6.14. The van der Waals surface area contributed by atoms with Crippen LogP contribution in [0, 0.1) is 0 Å². The normalized spacial score (nSPS) is 12.7. The van der Waals surface area contributed by atoms with Gasteiger partial charge in [0.2, 0.25) is 0 Å². The number of fused-ring (bicyclic) bond motifs is 1. The predicted octanol–water partition coefficient (Wildman–Crippen LogP) is 11.3. The van der Waals surface area contributed by atoms with Gasteiger partial charge in [-0.15, -0.1) is 0 Å². The molecule has 0 aliphatic rings. The van der Waals surface area contributed by atoms with E-state index >= 15 is 0 Å². The molecule has 1 heterocycles. The molecule has 3 nitrogen and oxygen atoms in total. The number of aromatic nitrogens is 1. The zero-order valence-electron chi connectivity index (χ0n) is 27.3. The largest absolute Gasteiger partial charge is 0.288 e. The highest BCUT2D eigenvalue weighted by atomic mass is 14.7. The monoisotopic (exact) mass is 619 g/mol. The average Bonchev–Trinajstić information content (AvgIpc) is 3.15. The van der Waals surface area contributed by atoms with Gasteiger partial charge >= 0.3 is 0 Å². The van der Waals surface area contributed by atoms with E-state index in [1.54, 1.807) is 13.2 Å². The summed E-state index contributed by atoms with van der Waals surface area (Å²) < 4.78 is 0. The minimum Gasteiger partial charge on any atom is -0.288 e. The van der Waals surface area contributed by atoms with Gasteiger partial charge in [0.15, 0.2) is 0 Å². The first-order chi connectivity index (χ1) is 23.6. The van der Waals surface area contributed by atoms with E-state index in [1.165, 1.54) is 16.3 Å². The summed E-state index contributed by atoms with van der Waals surface area (Å²) in [5.41, 5.74) is 10.9. The maximum Gasteiger partial charge on any atom is 0.0723 e. The first-order valence-electron chi connectivity index (χ1n) is 16.0. The number of hydrogen-bond acceptors (Lipinski definition) is 3. The van der Waals surface area contributed by atoms with Crippen molar-refractivity contribution < 1.29 is 0 Å². The molecule has 0 fully saturated rings. The summed E-state index contributed by atoms with van der Waals surface area (Å²) in [6.07, 6.45) is 13.8. The molecule has 0 bridgehead atoms. The Bertz CT molecular complexity index is 2180. The Hall–Kier alpha value is -6.19. The van der Waals surface area contributed by atoms with Crippen LogP contribution in [0.3, 0.4) is 0 Å². The van der Waals surface area contributed by atoms with Crippen LogP contribution in [0.15, 0.2) is 192 Å². The van der Waals surface area contributed by atoms with Crippen LogP contribution in [0.4, 0.5) is 0 Å².